The van der Waals surface area contributed by atoms with Gasteiger partial charge in [-0.05, 0) is 43.7 Å². The van der Waals surface area contributed by atoms with Gasteiger partial charge in [-0.1, -0.05) is 29.8 Å². The maximum atomic E-state index is 12.7. The van der Waals surface area contributed by atoms with E-state index < -0.39 is 0 Å². The molecule has 0 aliphatic rings. The summed E-state index contributed by atoms with van der Waals surface area (Å²) in [4.78, 5) is 21.3. The van der Waals surface area contributed by atoms with Crippen molar-refractivity contribution in [2.45, 2.75) is 13.8 Å². The van der Waals surface area contributed by atoms with Gasteiger partial charge in [0.05, 0.1) is 11.6 Å². The first-order chi connectivity index (χ1) is 12.1. The Hall–Kier alpha value is -3.52. The summed E-state index contributed by atoms with van der Waals surface area (Å²) in [6.45, 7) is 3.79. The molecule has 0 radical (unpaired) electrons. The van der Waals surface area contributed by atoms with Crippen molar-refractivity contribution in [3.05, 3.63) is 82.7 Å². The molecule has 25 heavy (non-hydrogen) atoms. The van der Waals surface area contributed by atoms with Gasteiger partial charge in [0.15, 0.2) is 0 Å². The van der Waals surface area contributed by atoms with Crippen LogP contribution in [0.5, 0.6) is 0 Å². The Labute approximate surface area is 146 Å². The van der Waals surface area contributed by atoms with Crippen molar-refractivity contribution in [3.63, 3.8) is 0 Å². The average Bonchev–Trinajstić information content (AvgIpc) is 2.64. The number of hydrogen-bond acceptors (Lipinski definition) is 5. The van der Waals surface area contributed by atoms with Crippen LogP contribution in [0.1, 0.15) is 32.7 Å². The summed E-state index contributed by atoms with van der Waals surface area (Å²) < 4.78 is 0. The monoisotopic (exact) mass is 328 g/mol. The summed E-state index contributed by atoms with van der Waals surface area (Å²) in [5.74, 6) is 0.202. The summed E-state index contributed by atoms with van der Waals surface area (Å²) in [6.07, 6.45) is 1.63. The van der Waals surface area contributed by atoms with Gasteiger partial charge in [0, 0.05) is 17.4 Å². The lowest BCUT2D eigenvalue weighted by Gasteiger charge is -2.09. The summed E-state index contributed by atoms with van der Waals surface area (Å²) in [7, 11) is 0. The Balaban J connectivity index is 1.88. The highest BCUT2D eigenvalue weighted by Crippen LogP contribution is 2.17. The second-order valence-corrected chi connectivity index (χ2v) is 5.73. The lowest BCUT2D eigenvalue weighted by molar-refractivity contribution is 0.103. The number of anilines is 2. The van der Waals surface area contributed by atoms with Crippen LogP contribution in [0.4, 0.5) is 11.6 Å². The zero-order valence-electron chi connectivity index (χ0n) is 13.9. The van der Waals surface area contributed by atoms with Gasteiger partial charge >= 0.3 is 0 Å². The van der Waals surface area contributed by atoms with Crippen LogP contribution in [0, 0.1) is 25.2 Å². The van der Waals surface area contributed by atoms with Crippen molar-refractivity contribution in [2.24, 2.45) is 0 Å². The summed E-state index contributed by atoms with van der Waals surface area (Å²) >= 11 is 0. The van der Waals surface area contributed by atoms with Crippen LogP contribution in [0.3, 0.4) is 0 Å². The van der Waals surface area contributed by atoms with Crippen molar-refractivity contribution in [3.8, 4) is 6.07 Å². The van der Waals surface area contributed by atoms with E-state index in [1.54, 1.807) is 42.6 Å². The fourth-order valence-electron chi connectivity index (χ4n) is 2.33. The van der Waals surface area contributed by atoms with Crippen LogP contribution < -0.4 is 5.32 Å². The predicted molar refractivity (Wildman–Crippen MR) is 95.8 cm³/mol. The van der Waals surface area contributed by atoms with Crippen molar-refractivity contribution in [1.29, 1.82) is 5.26 Å². The lowest BCUT2D eigenvalue weighted by atomic mass is 10.0. The van der Waals surface area contributed by atoms with Gasteiger partial charge in [-0.25, -0.2) is 9.97 Å². The Morgan fingerprint density at radius 1 is 1.04 bits per heavy atom. The zero-order chi connectivity index (χ0) is 17.8. The van der Waals surface area contributed by atoms with Crippen molar-refractivity contribution in [1.82, 2.24) is 9.97 Å². The van der Waals surface area contributed by atoms with Gasteiger partial charge in [0.25, 0.3) is 0 Å². The van der Waals surface area contributed by atoms with Gasteiger partial charge in [-0.15, -0.1) is 0 Å². The van der Waals surface area contributed by atoms with E-state index in [2.05, 4.69) is 21.4 Å². The molecule has 3 rings (SSSR count). The van der Waals surface area contributed by atoms with E-state index in [1.165, 1.54) is 0 Å². The first kappa shape index (κ1) is 16.3. The molecule has 1 heterocycles. The van der Waals surface area contributed by atoms with Gasteiger partial charge in [0.1, 0.15) is 5.69 Å². The SMILES string of the molecule is Cc1ccc(C(=O)c2nc(Nc3ccc(C#N)cc3)ncc2C)cc1. The van der Waals surface area contributed by atoms with E-state index in [4.69, 9.17) is 5.26 Å². The van der Waals surface area contributed by atoms with E-state index >= 15 is 0 Å². The predicted octanol–water partition coefficient (Wildman–Crippen LogP) is 3.94. The van der Waals surface area contributed by atoms with Crippen LogP contribution in [0.2, 0.25) is 0 Å². The quantitative estimate of drug-likeness (QED) is 0.734. The standard InChI is InChI=1S/C20H16N4O/c1-13-3-7-16(8-4-13)19(25)18-14(2)12-22-20(24-18)23-17-9-5-15(11-21)6-10-17/h3-10,12H,1-2H3,(H,22,23,24). The maximum Gasteiger partial charge on any atom is 0.227 e. The molecular weight excluding hydrogens is 312 g/mol. The fraction of sp³-hybridized carbons (Fsp3) is 0.100. The van der Waals surface area contributed by atoms with Crippen LogP contribution in [0.25, 0.3) is 0 Å². The first-order valence-corrected chi connectivity index (χ1v) is 7.79. The van der Waals surface area contributed by atoms with Gasteiger partial charge in [0.2, 0.25) is 11.7 Å². The average molecular weight is 328 g/mol. The molecule has 0 aliphatic carbocycles. The van der Waals surface area contributed by atoms with Crippen molar-refractivity contribution in [2.75, 3.05) is 5.32 Å². The number of aromatic nitrogens is 2. The number of benzene rings is 2. The molecule has 3 aromatic rings. The second kappa shape index (κ2) is 6.93. The Kier molecular flexibility index (Phi) is 4.53. The number of carbonyl (C=O) groups is 1. The van der Waals surface area contributed by atoms with Gasteiger partial charge < -0.3 is 5.32 Å². The van der Waals surface area contributed by atoms with Gasteiger partial charge in [-0.3, -0.25) is 4.79 Å². The normalized spacial score (nSPS) is 10.1. The second-order valence-electron chi connectivity index (χ2n) is 5.73. The van der Waals surface area contributed by atoms with Crippen molar-refractivity contribution < 1.29 is 4.79 Å². The molecule has 5 nitrogen and oxygen atoms in total. The topological polar surface area (TPSA) is 78.7 Å². The maximum absolute atomic E-state index is 12.7. The minimum Gasteiger partial charge on any atom is -0.324 e. The zero-order valence-corrected chi connectivity index (χ0v) is 13.9. The van der Waals surface area contributed by atoms with Crippen molar-refractivity contribution >= 4 is 17.4 Å². The molecule has 0 spiro atoms. The van der Waals surface area contributed by atoms with E-state index in [1.807, 2.05) is 26.0 Å². The third-order valence-corrected chi connectivity index (χ3v) is 3.77. The van der Waals surface area contributed by atoms with Crippen LogP contribution >= 0.6 is 0 Å². The highest BCUT2D eigenvalue weighted by molar-refractivity contribution is 6.08. The molecule has 0 aliphatic heterocycles. The number of nitrogens with one attached hydrogen (secondary N) is 1. The molecule has 0 bridgehead atoms. The summed E-state index contributed by atoms with van der Waals surface area (Å²) in [5, 5.41) is 11.9. The number of aryl methyl sites for hydroxylation is 2. The van der Waals surface area contributed by atoms with E-state index in [0.717, 1.165) is 16.8 Å². The van der Waals surface area contributed by atoms with Crippen LogP contribution in [-0.4, -0.2) is 15.8 Å². The largest absolute Gasteiger partial charge is 0.324 e. The highest BCUT2D eigenvalue weighted by Gasteiger charge is 2.15. The minimum atomic E-state index is -0.136. The molecule has 0 unspecified atom stereocenters. The molecule has 2 aromatic carbocycles. The number of carbonyl (C=O) groups excluding carboxylic acids is 1. The number of ketones is 1. The molecular formula is C20H16N4O. The molecule has 5 heteroatoms. The van der Waals surface area contributed by atoms with E-state index in [0.29, 0.717) is 22.8 Å². The van der Waals surface area contributed by atoms with E-state index in [-0.39, 0.29) is 5.78 Å². The summed E-state index contributed by atoms with van der Waals surface area (Å²) in [5.41, 5.74) is 4.10. The molecule has 122 valence electrons. The number of rotatable bonds is 4. The van der Waals surface area contributed by atoms with Crippen LogP contribution in [0.15, 0.2) is 54.7 Å². The minimum absolute atomic E-state index is 0.136. The number of hydrogen-bond donors (Lipinski definition) is 1. The number of nitriles is 1. The summed E-state index contributed by atoms with van der Waals surface area (Å²) in [6, 6.07) is 16.4. The molecule has 0 saturated heterocycles. The molecule has 0 atom stereocenters. The van der Waals surface area contributed by atoms with Crippen LogP contribution in [-0.2, 0) is 0 Å². The van der Waals surface area contributed by atoms with E-state index in [9.17, 15) is 4.79 Å². The Morgan fingerprint density at radius 2 is 1.72 bits per heavy atom. The fourth-order valence-corrected chi connectivity index (χ4v) is 2.33. The molecule has 0 amide bonds. The highest BCUT2D eigenvalue weighted by atomic mass is 16.1. The lowest BCUT2D eigenvalue weighted by Crippen LogP contribution is -2.09. The smallest absolute Gasteiger partial charge is 0.227 e. The first-order valence-electron chi connectivity index (χ1n) is 7.79. The van der Waals surface area contributed by atoms with Gasteiger partial charge in [-0.2, -0.15) is 5.26 Å². The molecule has 0 saturated carbocycles. The Bertz CT molecular complexity index is 954. The third-order valence-electron chi connectivity index (χ3n) is 3.77. The molecule has 1 aromatic heterocycles. The Morgan fingerprint density at radius 3 is 2.36 bits per heavy atom. The molecule has 0 fully saturated rings. The number of nitrogens with zero attached hydrogens (tertiary/aromatic N) is 3. The third kappa shape index (κ3) is 3.70. The molecule has 1 N–H and O–H groups in total.